The molecule has 0 saturated carbocycles. The summed E-state index contributed by atoms with van der Waals surface area (Å²) in [6.07, 6.45) is 0.789. The van der Waals surface area contributed by atoms with Gasteiger partial charge < -0.3 is 5.32 Å². The van der Waals surface area contributed by atoms with Crippen molar-refractivity contribution in [1.82, 2.24) is 10.3 Å². The van der Waals surface area contributed by atoms with E-state index in [1.807, 2.05) is 23.6 Å². The van der Waals surface area contributed by atoms with E-state index in [2.05, 4.69) is 22.4 Å². The van der Waals surface area contributed by atoms with E-state index in [-0.39, 0.29) is 11.7 Å². The average Bonchev–Trinajstić information content (AvgIpc) is 3.02. The smallest absolute Gasteiger partial charge is 0.251 e. The molecule has 0 aliphatic heterocycles. The van der Waals surface area contributed by atoms with Gasteiger partial charge in [-0.15, -0.1) is 11.3 Å². The first-order chi connectivity index (χ1) is 11.2. The van der Waals surface area contributed by atoms with Crippen LogP contribution in [0.1, 0.15) is 26.6 Å². The van der Waals surface area contributed by atoms with Crippen LogP contribution in [0.3, 0.4) is 0 Å². The number of rotatable bonds is 5. The monoisotopic (exact) mass is 326 g/mol. The van der Waals surface area contributed by atoms with Gasteiger partial charge in [0.15, 0.2) is 0 Å². The van der Waals surface area contributed by atoms with Crippen LogP contribution in [0.25, 0.3) is 0 Å². The summed E-state index contributed by atoms with van der Waals surface area (Å²) in [6.45, 7) is 0.363. The molecule has 0 atom stereocenters. The van der Waals surface area contributed by atoms with Crippen LogP contribution >= 0.6 is 11.3 Å². The van der Waals surface area contributed by atoms with Gasteiger partial charge in [-0.05, 0) is 29.8 Å². The predicted octanol–water partition coefficient (Wildman–Crippen LogP) is 3.80. The maximum atomic E-state index is 12.8. The predicted molar refractivity (Wildman–Crippen MR) is 88.9 cm³/mol. The van der Waals surface area contributed by atoms with E-state index in [1.54, 1.807) is 11.3 Å². The Morgan fingerprint density at radius 2 is 1.83 bits per heavy atom. The first kappa shape index (κ1) is 15.4. The number of carbonyl (C=O) groups excluding carboxylic acids is 1. The summed E-state index contributed by atoms with van der Waals surface area (Å²) in [7, 11) is 0. The molecule has 3 rings (SSSR count). The van der Waals surface area contributed by atoms with Crippen molar-refractivity contribution in [2.75, 3.05) is 0 Å². The van der Waals surface area contributed by atoms with E-state index in [9.17, 15) is 9.18 Å². The third-order valence-corrected chi connectivity index (χ3v) is 4.23. The highest BCUT2D eigenvalue weighted by atomic mass is 32.1. The van der Waals surface area contributed by atoms with Gasteiger partial charge in [0.05, 0.1) is 17.2 Å². The Morgan fingerprint density at radius 3 is 2.57 bits per heavy atom. The number of thiazole rings is 1. The van der Waals surface area contributed by atoms with Gasteiger partial charge in [0.1, 0.15) is 5.82 Å². The van der Waals surface area contributed by atoms with Gasteiger partial charge >= 0.3 is 0 Å². The lowest BCUT2D eigenvalue weighted by atomic mass is 10.2. The van der Waals surface area contributed by atoms with Crippen LogP contribution in [-0.4, -0.2) is 10.9 Å². The average molecular weight is 326 g/mol. The summed E-state index contributed by atoms with van der Waals surface area (Å²) in [6, 6.07) is 15.6. The van der Waals surface area contributed by atoms with Crippen molar-refractivity contribution in [3.63, 3.8) is 0 Å². The molecule has 1 N–H and O–H groups in total. The highest BCUT2D eigenvalue weighted by Crippen LogP contribution is 2.15. The molecule has 0 fully saturated rings. The number of carbonyl (C=O) groups is 1. The Hall–Kier alpha value is -2.53. The largest absolute Gasteiger partial charge is 0.346 e. The standard InChI is InChI=1S/C18H15FN2OS/c19-15-8-6-14(7-9-15)18(22)20-11-16-12-23-17(21-16)10-13-4-2-1-3-5-13/h1-9,12H,10-11H2,(H,20,22). The third kappa shape index (κ3) is 4.23. The molecule has 23 heavy (non-hydrogen) atoms. The number of aromatic nitrogens is 1. The first-order valence-corrected chi connectivity index (χ1v) is 8.09. The lowest BCUT2D eigenvalue weighted by molar-refractivity contribution is 0.0950. The summed E-state index contributed by atoms with van der Waals surface area (Å²) in [5, 5.41) is 5.76. The fourth-order valence-corrected chi connectivity index (χ4v) is 2.98. The second-order valence-corrected chi connectivity index (χ2v) is 6.03. The van der Waals surface area contributed by atoms with Crippen LogP contribution in [0.4, 0.5) is 4.39 Å². The van der Waals surface area contributed by atoms with Gasteiger partial charge in [0.2, 0.25) is 0 Å². The maximum absolute atomic E-state index is 12.8. The summed E-state index contributed by atoms with van der Waals surface area (Å²) in [4.78, 5) is 16.5. The van der Waals surface area contributed by atoms with Gasteiger partial charge in [0.25, 0.3) is 5.91 Å². The van der Waals surface area contributed by atoms with E-state index >= 15 is 0 Å². The topological polar surface area (TPSA) is 42.0 Å². The van der Waals surface area contributed by atoms with Crippen molar-refractivity contribution in [2.24, 2.45) is 0 Å². The molecule has 0 radical (unpaired) electrons. The fourth-order valence-electron chi connectivity index (χ4n) is 2.16. The molecule has 0 saturated heterocycles. The molecule has 0 bridgehead atoms. The number of hydrogen-bond acceptors (Lipinski definition) is 3. The van der Waals surface area contributed by atoms with Gasteiger partial charge in [-0.1, -0.05) is 30.3 Å². The second-order valence-electron chi connectivity index (χ2n) is 5.08. The number of amides is 1. The molecular formula is C18H15FN2OS. The molecule has 2 aromatic carbocycles. The van der Waals surface area contributed by atoms with Crippen molar-refractivity contribution in [3.05, 3.63) is 87.6 Å². The normalized spacial score (nSPS) is 10.5. The van der Waals surface area contributed by atoms with Gasteiger partial charge in [-0.3, -0.25) is 4.79 Å². The van der Waals surface area contributed by atoms with E-state index in [0.717, 1.165) is 17.1 Å². The molecular weight excluding hydrogens is 311 g/mol. The second kappa shape index (κ2) is 7.15. The zero-order valence-corrected chi connectivity index (χ0v) is 13.1. The van der Waals surface area contributed by atoms with E-state index in [0.29, 0.717) is 12.1 Å². The summed E-state index contributed by atoms with van der Waals surface area (Å²) < 4.78 is 12.8. The number of nitrogens with one attached hydrogen (secondary N) is 1. The highest BCUT2D eigenvalue weighted by molar-refractivity contribution is 7.09. The highest BCUT2D eigenvalue weighted by Gasteiger charge is 2.07. The third-order valence-electron chi connectivity index (χ3n) is 3.33. The molecule has 0 aliphatic rings. The van der Waals surface area contributed by atoms with Gasteiger partial charge in [-0.25, -0.2) is 9.37 Å². The molecule has 116 valence electrons. The Kier molecular flexibility index (Phi) is 4.78. The van der Waals surface area contributed by atoms with Crippen molar-refractivity contribution >= 4 is 17.2 Å². The number of nitrogens with zero attached hydrogens (tertiary/aromatic N) is 1. The Morgan fingerprint density at radius 1 is 1.09 bits per heavy atom. The summed E-state index contributed by atoms with van der Waals surface area (Å²) in [5.41, 5.74) is 2.48. The van der Waals surface area contributed by atoms with E-state index in [4.69, 9.17) is 0 Å². The quantitative estimate of drug-likeness (QED) is 0.775. The van der Waals surface area contributed by atoms with Crippen LogP contribution in [-0.2, 0) is 13.0 Å². The van der Waals surface area contributed by atoms with Crippen LogP contribution in [0.5, 0.6) is 0 Å². The maximum Gasteiger partial charge on any atom is 0.251 e. The lowest BCUT2D eigenvalue weighted by Crippen LogP contribution is -2.22. The van der Waals surface area contributed by atoms with Gasteiger partial charge in [-0.2, -0.15) is 0 Å². The van der Waals surface area contributed by atoms with Crippen LogP contribution in [0.15, 0.2) is 60.0 Å². The Balaban J connectivity index is 1.57. The molecule has 3 aromatic rings. The van der Waals surface area contributed by atoms with Crippen molar-refractivity contribution in [3.8, 4) is 0 Å². The number of halogens is 1. The van der Waals surface area contributed by atoms with Crippen LogP contribution in [0, 0.1) is 5.82 Å². The van der Waals surface area contributed by atoms with Crippen molar-refractivity contribution < 1.29 is 9.18 Å². The summed E-state index contributed by atoms with van der Waals surface area (Å²) in [5.74, 6) is -0.589. The van der Waals surface area contributed by atoms with Crippen molar-refractivity contribution in [1.29, 1.82) is 0 Å². The summed E-state index contributed by atoms with van der Waals surface area (Å²) >= 11 is 1.58. The number of benzene rings is 2. The molecule has 0 spiro atoms. The van der Waals surface area contributed by atoms with Crippen LogP contribution < -0.4 is 5.32 Å². The molecule has 5 heteroatoms. The zero-order chi connectivity index (χ0) is 16.1. The number of hydrogen-bond donors (Lipinski definition) is 1. The van der Waals surface area contributed by atoms with Gasteiger partial charge in [0, 0.05) is 17.4 Å². The minimum atomic E-state index is -0.355. The molecule has 3 nitrogen and oxygen atoms in total. The zero-order valence-electron chi connectivity index (χ0n) is 12.3. The molecule has 1 aromatic heterocycles. The Bertz CT molecular complexity index is 784. The first-order valence-electron chi connectivity index (χ1n) is 7.22. The van der Waals surface area contributed by atoms with Crippen molar-refractivity contribution in [2.45, 2.75) is 13.0 Å². The van der Waals surface area contributed by atoms with E-state index < -0.39 is 0 Å². The molecule has 0 aliphatic carbocycles. The SMILES string of the molecule is O=C(NCc1csc(Cc2ccccc2)n1)c1ccc(F)cc1. The molecule has 0 unspecified atom stereocenters. The minimum Gasteiger partial charge on any atom is -0.346 e. The Labute approximate surface area is 137 Å². The van der Waals surface area contributed by atoms with Crippen LogP contribution in [0.2, 0.25) is 0 Å². The van der Waals surface area contributed by atoms with E-state index in [1.165, 1.54) is 29.8 Å². The minimum absolute atomic E-state index is 0.234. The molecule has 1 amide bonds. The fraction of sp³-hybridized carbons (Fsp3) is 0.111. The molecule has 1 heterocycles. The lowest BCUT2D eigenvalue weighted by Gasteiger charge is -2.03.